The van der Waals surface area contributed by atoms with Crippen LogP contribution in [0.25, 0.3) is 11.1 Å². The van der Waals surface area contributed by atoms with Crippen LogP contribution in [-0.4, -0.2) is 31.0 Å². The van der Waals surface area contributed by atoms with Gasteiger partial charge >= 0.3 is 0 Å². The van der Waals surface area contributed by atoms with E-state index in [1.807, 2.05) is 48.5 Å². The zero-order chi connectivity index (χ0) is 21.6. The fourth-order valence-electron chi connectivity index (χ4n) is 4.25. The number of amides is 1. The zero-order valence-electron chi connectivity index (χ0n) is 18.3. The van der Waals surface area contributed by atoms with Gasteiger partial charge < -0.3 is 10.1 Å². The normalized spacial score (nSPS) is 14.9. The highest BCUT2D eigenvalue weighted by atomic mass is 16.5. The van der Waals surface area contributed by atoms with Gasteiger partial charge in [-0.25, -0.2) is 0 Å². The van der Waals surface area contributed by atoms with Crippen LogP contribution < -0.4 is 10.1 Å². The van der Waals surface area contributed by atoms with E-state index in [4.69, 9.17) is 4.74 Å². The minimum Gasteiger partial charge on any atom is -0.497 e. The Hall–Kier alpha value is -3.11. The molecule has 31 heavy (non-hydrogen) atoms. The quantitative estimate of drug-likeness (QED) is 0.577. The van der Waals surface area contributed by atoms with Crippen molar-refractivity contribution in [3.63, 3.8) is 0 Å². The molecule has 1 aliphatic heterocycles. The Morgan fingerprint density at radius 3 is 2.42 bits per heavy atom. The second-order valence-corrected chi connectivity index (χ2v) is 8.34. The van der Waals surface area contributed by atoms with E-state index in [0.29, 0.717) is 0 Å². The molecule has 0 radical (unpaired) electrons. The third kappa shape index (κ3) is 5.53. The van der Waals surface area contributed by atoms with Crippen molar-refractivity contribution in [1.82, 2.24) is 4.90 Å². The molecule has 0 aliphatic carbocycles. The molecule has 0 saturated carbocycles. The average molecular weight is 415 g/mol. The first-order valence-corrected chi connectivity index (χ1v) is 10.9. The molecule has 1 aliphatic rings. The van der Waals surface area contributed by atoms with Crippen molar-refractivity contribution in [3.05, 3.63) is 83.9 Å². The fourth-order valence-corrected chi connectivity index (χ4v) is 4.25. The van der Waals surface area contributed by atoms with Gasteiger partial charge in [0.15, 0.2) is 0 Å². The molecule has 0 aromatic heterocycles. The van der Waals surface area contributed by atoms with E-state index >= 15 is 0 Å². The minimum absolute atomic E-state index is 0.0641. The molecule has 1 heterocycles. The van der Waals surface area contributed by atoms with Gasteiger partial charge in [0, 0.05) is 18.2 Å². The largest absolute Gasteiger partial charge is 0.497 e. The van der Waals surface area contributed by atoms with E-state index < -0.39 is 0 Å². The summed E-state index contributed by atoms with van der Waals surface area (Å²) in [6.45, 7) is 4.99. The van der Waals surface area contributed by atoms with Crippen LogP contribution >= 0.6 is 0 Å². The lowest BCUT2D eigenvalue weighted by atomic mass is 9.95. The Kier molecular flexibility index (Phi) is 6.68. The highest BCUT2D eigenvalue weighted by Crippen LogP contribution is 2.27. The summed E-state index contributed by atoms with van der Waals surface area (Å²) in [5.41, 5.74) is 5.61. The molecular weight excluding hydrogens is 384 g/mol. The third-order valence-electron chi connectivity index (χ3n) is 5.98. The summed E-state index contributed by atoms with van der Waals surface area (Å²) in [5, 5.41) is 3.13. The molecule has 4 nitrogen and oxygen atoms in total. The maximum Gasteiger partial charge on any atom is 0.227 e. The molecule has 1 amide bonds. The van der Waals surface area contributed by atoms with Gasteiger partial charge in [0.2, 0.25) is 5.91 Å². The molecule has 0 atom stereocenters. The molecule has 160 valence electrons. The number of ether oxygens (including phenoxy) is 1. The van der Waals surface area contributed by atoms with Gasteiger partial charge in [-0.05, 0) is 73.8 Å². The number of nitrogens with zero attached hydrogens (tertiary/aromatic N) is 1. The minimum atomic E-state index is 0.0641. The number of anilines is 1. The SMILES string of the molecule is COc1cccc(-c2cccc(NC(=O)C3CCN(Cc4cccc(C)c4)CC3)c2)c1. The van der Waals surface area contributed by atoms with Gasteiger partial charge in [-0.15, -0.1) is 0 Å². The van der Waals surface area contributed by atoms with Crippen LogP contribution in [-0.2, 0) is 11.3 Å². The Labute approximate surface area is 184 Å². The summed E-state index contributed by atoms with van der Waals surface area (Å²) >= 11 is 0. The summed E-state index contributed by atoms with van der Waals surface area (Å²) in [4.78, 5) is 15.3. The summed E-state index contributed by atoms with van der Waals surface area (Å²) < 4.78 is 5.33. The van der Waals surface area contributed by atoms with Gasteiger partial charge in [-0.2, -0.15) is 0 Å². The smallest absolute Gasteiger partial charge is 0.227 e. The maximum absolute atomic E-state index is 12.9. The molecule has 0 bridgehead atoms. The highest BCUT2D eigenvalue weighted by Gasteiger charge is 2.25. The lowest BCUT2D eigenvalue weighted by Crippen LogP contribution is -2.37. The number of likely N-dealkylation sites (tertiary alicyclic amines) is 1. The number of methoxy groups -OCH3 is 1. The number of benzene rings is 3. The number of rotatable bonds is 6. The molecule has 1 fully saturated rings. The summed E-state index contributed by atoms with van der Waals surface area (Å²) in [6, 6.07) is 24.6. The number of carbonyl (C=O) groups is 1. The zero-order valence-corrected chi connectivity index (χ0v) is 18.3. The van der Waals surface area contributed by atoms with Crippen molar-refractivity contribution in [1.29, 1.82) is 0 Å². The molecule has 4 rings (SSSR count). The second kappa shape index (κ2) is 9.80. The van der Waals surface area contributed by atoms with E-state index in [1.54, 1.807) is 7.11 Å². The number of nitrogens with one attached hydrogen (secondary N) is 1. The molecule has 4 heteroatoms. The lowest BCUT2D eigenvalue weighted by molar-refractivity contribution is -0.121. The predicted molar refractivity (Wildman–Crippen MR) is 126 cm³/mol. The lowest BCUT2D eigenvalue weighted by Gasteiger charge is -2.31. The molecular formula is C27H30N2O2. The van der Waals surface area contributed by atoms with Crippen LogP contribution in [0.3, 0.4) is 0 Å². The average Bonchev–Trinajstić information content (AvgIpc) is 2.80. The Morgan fingerprint density at radius 2 is 1.68 bits per heavy atom. The number of hydrogen-bond acceptors (Lipinski definition) is 3. The predicted octanol–water partition coefficient (Wildman–Crippen LogP) is 5.52. The summed E-state index contributed by atoms with van der Waals surface area (Å²) in [7, 11) is 1.67. The number of hydrogen-bond donors (Lipinski definition) is 1. The van der Waals surface area contributed by atoms with E-state index in [-0.39, 0.29) is 11.8 Å². The van der Waals surface area contributed by atoms with E-state index in [0.717, 1.165) is 55.0 Å². The maximum atomic E-state index is 12.9. The van der Waals surface area contributed by atoms with E-state index in [2.05, 4.69) is 41.4 Å². The van der Waals surface area contributed by atoms with Gasteiger partial charge in [0.1, 0.15) is 5.75 Å². The van der Waals surface area contributed by atoms with Crippen LogP contribution in [0, 0.1) is 12.8 Å². The van der Waals surface area contributed by atoms with Crippen molar-refractivity contribution >= 4 is 11.6 Å². The van der Waals surface area contributed by atoms with Crippen LogP contribution in [0.2, 0.25) is 0 Å². The Bertz CT molecular complexity index is 1040. The van der Waals surface area contributed by atoms with Crippen molar-refractivity contribution in [2.24, 2.45) is 5.92 Å². The number of carbonyl (C=O) groups excluding carboxylic acids is 1. The summed E-state index contributed by atoms with van der Waals surface area (Å²) in [5.74, 6) is 1.01. The van der Waals surface area contributed by atoms with Crippen LogP contribution in [0.15, 0.2) is 72.8 Å². The Morgan fingerprint density at radius 1 is 0.968 bits per heavy atom. The topological polar surface area (TPSA) is 41.6 Å². The van der Waals surface area contributed by atoms with Crippen molar-refractivity contribution in [3.8, 4) is 16.9 Å². The number of piperidine rings is 1. The van der Waals surface area contributed by atoms with Crippen molar-refractivity contribution in [2.75, 3.05) is 25.5 Å². The molecule has 1 N–H and O–H groups in total. The van der Waals surface area contributed by atoms with Crippen molar-refractivity contribution < 1.29 is 9.53 Å². The molecule has 1 saturated heterocycles. The van der Waals surface area contributed by atoms with Gasteiger partial charge in [0.25, 0.3) is 0 Å². The van der Waals surface area contributed by atoms with Crippen LogP contribution in [0.4, 0.5) is 5.69 Å². The highest BCUT2D eigenvalue weighted by molar-refractivity contribution is 5.93. The first-order valence-electron chi connectivity index (χ1n) is 10.9. The standard InChI is InChI=1S/C27H30N2O2/c1-20-6-3-7-21(16-20)19-29-14-12-22(13-15-29)27(30)28-25-10-4-8-23(17-25)24-9-5-11-26(18-24)31-2/h3-11,16-18,22H,12-15,19H2,1-2H3,(H,28,30). The monoisotopic (exact) mass is 414 g/mol. The molecule has 0 unspecified atom stereocenters. The van der Waals surface area contributed by atoms with Crippen molar-refractivity contribution in [2.45, 2.75) is 26.3 Å². The number of aryl methyl sites for hydroxylation is 1. The fraction of sp³-hybridized carbons (Fsp3) is 0.296. The molecule has 3 aromatic rings. The summed E-state index contributed by atoms with van der Waals surface area (Å²) in [6.07, 6.45) is 1.79. The second-order valence-electron chi connectivity index (χ2n) is 8.34. The first kappa shape index (κ1) is 21.1. The van der Waals surface area contributed by atoms with E-state index in [1.165, 1.54) is 11.1 Å². The first-order chi connectivity index (χ1) is 15.1. The Balaban J connectivity index is 1.34. The van der Waals surface area contributed by atoms with Gasteiger partial charge in [-0.3, -0.25) is 9.69 Å². The molecule has 3 aromatic carbocycles. The van der Waals surface area contributed by atoms with Crippen LogP contribution in [0.1, 0.15) is 24.0 Å². The molecule has 0 spiro atoms. The third-order valence-corrected chi connectivity index (χ3v) is 5.98. The van der Waals surface area contributed by atoms with E-state index in [9.17, 15) is 4.79 Å². The van der Waals surface area contributed by atoms with Crippen LogP contribution in [0.5, 0.6) is 5.75 Å². The van der Waals surface area contributed by atoms with Gasteiger partial charge in [0.05, 0.1) is 7.11 Å². The van der Waals surface area contributed by atoms with Gasteiger partial charge in [-0.1, -0.05) is 54.1 Å².